The summed E-state index contributed by atoms with van der Waals surface area (Å²) in [4.78, 5) is 4.46. The predicted molar refractivity (Wildman–Crippen MR) is 79.6 cm³/mol. The summed E-state index contributed by atoms with van der Waals surface area (Å²) < 4.78 is 1.90. The molecule has 4 heteroatoms. The van der Waals surface area contributed by atoms with Crippen LogP contribution >= 0.6 is 0 Å². The second-order valence-electron chi connectivity index (χ2n) is 6.56. The van der Waals surface area contributed by atoms with Gasteiger partial charge in [0.1, 0.15) is 5.52 Å². The molecule has 1 atom stereocenters. The summed E-state index contributed by atoms with van der Waals surface area (Å²) in [5.41, 5.74) is 2.33. The van der Waals surface area contributed by atoms with Gasteiger partial charge in [-0.25, -0.2) is 9.50 Å². The maximum atomic E-state index is 4.58. The Labute approximate surface area is 115 Å². The molecule has 0 aliphatic heterocycles. The minimum absolute atomic E-state index is 0.190. The number of nitrogens with one attached hydrogen (secondary N) is 1. The summed E-state index contributed by atoms with van der Waals surface area (Å²) >= 11 is 0. The second-order valence-corrected chi connectivity index (χ2v) is 6.56. The highest BCUT2D eigenvalue weighted by molar-refractivity contribution is 5.68. The Balaban J connectivity index is 2.38. The van der Waals surface area contributed by atoms with Crippen LogP contribution in [-0.2, 0) is 0 Å². The van der Waals surface area contributed by atoms with Crippen molar-refractivity contribution in [1.82, 2.24) is 14.6 Å². The highest BCUT2D eigenvalue weighted by atomic mass is 15.2. The molecule has 1 unspecified atom stereocenters. The monoisotopic (exact) mass is 260 g/mol. The van der Waals surface area contributed by atoms with E-state index in [-0.39, 0.29) is 5.41 Å². The highest BCUT2D eigenvalue weighted by Crippen LogP contribution is 2.25. The van der Waals surface area contributed by atoms with Crippen molar-refractivity contribution in [2.24, 2.45) is 5.41 Å². The zero-order valence-corrected chi connectivity index (χ0v) is 12.7. The normalized spacial score (nSPS) is 14.1. The molecule has 0 radical (unpaired) electrons. The zero-order valence-electron chi connectivity index (χ0n) is 12.7. The van der Waals surface area contributed by atoms with Crippen LogP contribution in [0.15, 0.2) is 18.5 Å². The van der Waals surface area contributed by atoms with E-state index in [0.29, 0.717) is 12.0 Å². The van der Waals surface area contributed by atoms with Crippen LogP contribution < -0.4 is 5.32 Å². The lowest BCUT2D eigenvalue weighted by Gasteiger charge is -2.28. The van der Waals surface area contributed by atoms with Crippen LogP contribution in [0.1, 0.15) is 53.2 Å². The molecular weight excluding hydrogens is 236 g/mol. The van der Waals surface area contributed by atoms with Crippen molar-refractivity contribution in [2.75, 3.05) is 5.32 Å². The van der Waals surface area contributed by atoms with E-state index in [2.05, 4.69) is 63.0 Å². The number of fused-ring (bicyclic) bond motifs is 1. The Morgan fingerprint density at radius 1 is 1.21 bits per heavy atom. The van der Waals surface area contributed by atoms with Gasteiger partial charge in [0.15, 0.2) is 5.82 Å². The first-order valence-corrected chi connectivity index (χ1v) is 6.90. The lowest BCUT2D eigenvalue weighted by molar-refractivity contribution is 0.359. The summed E-state index contributed by atoms with van der Waals surface area (Å²) in [6, 6.07) is 2.46. The molecule has 0 spiro atoms. The van der Waals surface area contributed by atoms with Crippen molar-refractivity contribution in [3.63, 3.8) is 0 Å². The lowest BCUT2D eigenvalue weighted by Crippen LogP contribution is -2.31. The third-order valence-corrected chi connectivity index (χ3v) is 3.65. The van der Waals surface area contributed by atoms with E-state index in [1.807, 2.05) is 10.7 Å². The Hall–Kier alpha value is -1.58. The summed E-state index contributed by atoms with van der Waals surface area (Å²) in [5, 5.41) is 8.08. The fourth-order valence-corrected chi connectivity index (χ4v) is 1.76. The molecule has 0 fully saturated rings. The Morgan fingerprint density at radius 2 is 1.89 bits per heavy atom. The van der Waals surface area contributed by atoms with Gasteiger partial charge in [0.05, 0.1) is 5.69 Å². The number of aromatic nitrogens is 3. The number of hydrogen-bond donors (Lipinski definition) is 1. The molecule has 0 saturated heterocycles. The largest absolute Gasteiger partial charge is 0.365 e. The molecule has 0 aromatic carbocycles. The number of anilines is 1. The van der Waals surface area contributed by atoms with Gasteiger partial charge in [0.25, 0.3) is 0 Å². The molecule has 0 bridgehead atoms. The van der Waals surface area contributed by atoms with Gasteiger partial charge < -0.3 is 5.32 Å². The van der Waals surface area contributed by atoms with E-state index in [1.54, 1.807) is 6.20 Å². The number of hydrogen-bond acceptors (Lipinski definition) is 3. The molecule has 0 saturated carbocycles. The quantitative estimate of drug-likeness (QED) is 0.915. The minimum atomic E-state index is 0.190. The second kappa shape index (κ2) is 4.83. The van der Waals surface area contributed by atoms with Crippen molar-refractivity contribution in [1.29, 1.82) is 0 Å². The fraction of sp³-hybridized carbons (Fsp3) is 0.600. The van der Waals surface area contributed by atoms with Gasteiger partial charge in [0, 0.05) is 18.4 Å². The Bertz CT molecular complexity index is 563. The van der Waals surface area contributed by atoms with Gasteiger partial charge in [-0.15, -0.1) is 0 Å². The molecule has 2 heterocycles. The van der Waals surface area contributed by atoms with Crippen LogP contribution in [0.4, 0.5) is 5.82 Å². The van der Waals surface area contributed by atoms with Crippen molar-refractivity contribution >= 4 is 11.3 Å². The first kappa shape index (κ1) is 13.8. The van der Waals surface area contributed by atoms with Gasteiger partial charge in [-0.05, 0) is 24.3 Å². The van der Waals surface area contributed by atoms with Crippen LogP contribution in [-0.4, -0.2) is 20.6 Å². The third kappa shape index (κ3) is 2.88. The molecule has 1 N–H and O–H groups in total. The van der Waals surface area contributed by atoms with Crippen LogP contribution in [0.3, 0.4) is 0 Å². The number of rotatable bonds is 3. The predicted octanol–water partition coefficient (Wildman–Crippen LogP) is 3.70. The topological polar surface area (TPSA) is 42.2 Å². The van der Waals surface area contributed by atoms with Crippen molar-refractivity contribution < 1.29 is 0 Å². The third-order valence-electron chi connectivity index (χ3n) is 3.65. The molecule has 2 aromatic heterocycles. The van der Waals surface area contributed by atoms with Gasteiger partial charge in [-0.1, -0.05) is 34.6 Å². The van der Waals surface area contributed by atoms with Crippen LogP contribution in [0, 0.1) is 5.41 Å². The first-order chi connectivity index (χ1) is 8.79. The molecule has 19 heavy (non-hydrogen) atoms. The summed E-state index contributed by atoms with van der Waals surface area (Å²) in [6.07, 6.45) is 3.69. The van der Waals surface area contributed by atoms with Crippen molar-refractivity contribution in [3.05, 3.63) is 24.2 Å². The maximum Gasteiger partial charge on any atom is 0.152 e. The van der Waals surface area contributed by atoms with Gasteiger partial charge >= 0.3 is 0 Å². The fourth-order valence-electron chi connectivity index (χ4n) is 1.76. The molecular formula is C15H24N4. The smallest absolute Gasteiger partial charge is 0.152 e. The molecule has 2 rings (SSSR count). The Morgan fingerprint density at radius 3 is 2.47 bits per heavy atom. The van der Waals surface area contributed by atoms with E-state index >= 15 is 0 Å². The SMILES string of the molecule is CC(C)c1cc2c(NC(C)C(C)(C)C)nccn2n1. The molecule has 0 aliphatic rings. The molecule has 4 nitrogen and oxygen atoms in total. The molecule has 0 aliphatic carbocycles. The van der Waals surface area contributed by atoms with Crippen LogP contribution in [0.2, 0.25) is 0 Å². The standard InChI is InChI=1S/C15H24N4/c1-10(2)12-9-13-14(16-7-8-19(13)18-12)17-11(3)15(4,5)6/h7-11H,1-6H3,(H,16,17). The van der Waals surface area contributed by atoms with Crippen molar-refractivity contribution in [2.45, 2.75) is 53.5 Å². The first-order valence-electron chi connectivity index (χ1n) is 6.90. The Kier molecular flexibility index (Phi) is 3.52. The molecule has 104 valence electrons. The van der Waals surface area contributed by atoms with E-state index in [4.69, 9.17) is 0 Å². The van der Waals surface area contributed by atoms with Gasteiger partial charge in [-0.2, -0.15) is 5.10 Å². The van der Waals surface area contributed by atoms with E-state index in [0.717, 1.165) is 17.0 Å². The average Bonchev–Trinajstić information content (AvgIpc) is 2.72. The molecule has 2 aromatic rings. The average molecular weight is 260 g/mol. The minimum Gasteiger partial charge on any atom is -0.365 e. The number of nitrogens with zero attached hydrogens (tertiary/aromatic N) is 3. The van der Waals surface area contributed by atoms with Gasteiger partial charge in [0.2, 0.25) is 0 Å². The van der Waals surface area contributed by atoms with Crippen molar-refractivity contribution in [3.8, 4) is 0 Å². The van der Waals surface area contributed by atoms with E-state index in [1.165, 1.54) is 0 Å². The van der Waals surface area contributed by atoms with E-state index in [9.17, 15) is 0 Å². The summed E-state index contributed by atoms with van der Waals surface area (Å²) in [6.45, 7) is 13.2. The van der Waals surface area contributed by atoms with Gasteiger partial charge in [-0.3, -0.25) is 0 Å². The van der Waals surface area contributed by atoms with Crippen LogP contribution in [0.5, 0.6) is 0 Å². The maximum absolute atomic E-state index is 4.58. The van der Waals surface area contributed by atoms with E-state index < -0.39 is 0 Å². The zero-order chi connectivity index (χ0) is 14.2. The summed E-state index contributed by atoms with van der Waals surface area (Å²) in [5.74, 6) is 1.33. The molecule has 0 amide bonds. The summed E-state index contributed by atoms with van der Waals surface area (Å²) in [7, 11) is 0. The van der Waals surface area contributed by atoms with Crippen LogP contribution in [0.25, 0.3) is 5.52 Å². The lowest BCUT2D eigenvalue weighted by atomic mass is 9.88. The highest BCUT2D eigenvalue weighted by Gasteiger charge is 2.21.